The molecule has 1 amide bonds. The molecule has 1 aliphatic rings. The van der Waals surface area contributed by atoms with Crippen LogP contribution in [0.4, 0.5) is 22.2 Å². The summed E-state index contributed by atoms with van der Waals surface area (Å²) in [6.45, 7) is 11.1. The number of carbonyl (C=O) groups is 2. The van der Waals surface area contributed by atoms with Crippen LogP contribution in [0.3, 0.4) is 0 Å². The fraction of sp³-hybridized carbons (Fsp3) is 0.533. The Morgan fingerprint density at radius 3 is 2.40 bits per heavy atom. The summed E-state index contributed by atoms with van der Waals surface area (Å²) in [5, 5.41) is 12.5. The highest BCUT2D eigenvalue weighted by Gasteiger charge is 2.30. The van der Waals surface area contributed by atoms with E-state index in [1.807, 2.05) is 43.0 Å². The van der Waals surface area contributed by atoms with Crippen molar-refractivity contribution in [2.75, 3.05) is 53.5 Å². The first-order chi connectivity index (χ1) is 20.2. The number of hydrogen-bond donors (Lipinski definition) is 2. The highest BCUT2D eigenvalue weighted by molar-refractivity contribution is 7.92. The Balaban J connectivity index is 2.00. The van der Waals surface area contributed by atoms with Crippen molar-refractivity contribution in [3.63, 3.8) is 0 Å². The SMILES string of the molecule is C#CCN(c1cnc(N(CC)CC)nc1NC(Cc1ccc([C@@H]2CCN(C(=O)O)C2)cc1)C(=O)OC(C)(C)C)S(C)(=O)=O. The molecule has 12 nitrogen and oxygen atoms in total. The monoisotopic (exact) mass is 614 g/mol. The number of carbonyl (C=O) groups excluding carboxylic acids is 1. The molecular weight excluding hydrogens is 572 g/mol. The van der Waals surface area contributed by atoms with Crippen LogP contribution in [0.25, 0.3) is 0 Å². The molecule has 0 aliphatic carbocycles. The van der Waals surface area contributed by atoms with E-state index in [-0.39, 0.29) is 30.4 Å². The van der Waals surface area contributed by atoms with Crippen LogP contribution in [-0.4, -0.2) is 91.1 Å². The fourth-order valence-corrected chi connectivity index (χ4v) is 5.68. The first kappa shape index (κ1) is 33.5. The van der Waals surface area contributed by atoms with Gasteiger partial charge in [0.15, 0.2) is 5.82 Å². The maximum atomic E-state index is 13.5. The molecule has 234 valence electrons. The number of rotatable bonds is 12. The van der Waals surface area contributed by atoms with E-state index in [9.17, 15) is 23.1 Å². The molecule has 1 unspecified atom stereocenters. The van der Waals surface area contributed by atoms with Gasteiger partial charge in [-0.3, -0.25) is 4.31 Å². The van der Waals surface area contributed by atoms with E-state index >= 15 is 0 Å². The van der Waals surface area contributed by atoms with Crippen LogP contribution < -0.4 is 14.5 Å². The molecule has 1 fully saturated rings. The number of terminal acetylenes is 1. The first-order valence-corrected chi connectivity index (χ1v) is 16.1. The van der Waals surface area contributed by atoms with Crippen LogP contribution in [0.2, 0.25) is 0 Å². The lowest BCUT2D eigenvalue weighted by atomic mass is 9.96. The molecule has 43 heavy (non-hydrogen) atoms. The molecule has 0 bridgehead atoms. The Hall–Kier alpha value is -4.05. The summed E-state index contributed by atoms with van der Waals surface area (Å²) >= 11 is 0. The number of aromatic nitrogens is 2. The normalized spacial score (nSPS) is 15.8. The fourth-order valence-electron chi connectivity index (χ4n) is 4.88. The van der Waals surface area contributed by atoms with Crippen molar-refractivity contribution in [1.82, 2.24) is 14.9 Å². The van der Waals surface area contributed by atoms with Gasteiger partial charge in [-0.15, -0.1) is 6.42 Å². The van der Waals surface area contributed by atoms with E-state index in [4.69, 9.17) is 11.2 Å². The number of amides is 1. The zero-order valence-electron chi connectivity index (χ0n) is 25.7. The second-order valence-electron chi connectivity index (χ2n) is 11.4. The Morgan fingerprint density at radius 2 is 1.88 bits per heavy atom. The second kappa shape index (κ2) is 13.9. The zero-order chi connectivity index (χ0) is 31.9. The van der Waals surface area contributed by atoms with Crippen LogP contribution >= 0.6 is 0 Å². The quantitative estimate of drug-likeness (QED) is 0.269. The van der Waals surface area contributed by atoms with Crippen LogP contribution in [0.1, 0.15) is 58.1 Å². The van der Waals surface area contributed by atoms with Crippen molar-refractivity contribution in [2.45, 2.75) is 65.0 Å². The third kappa shape index (κ3) is 8.97. The average molecular weight is 615 g/mol. The van der Waals surface area contributed by atoms with E-state index < -0.39 is 33.7 Å². The predicted molar refractivity (Wildman–Crippen MR) is 167 cm³/mol. The minimum atomic E-state index is -3.81. The van der Waals surface area contributed by atoms with E-state index in [1.54, 1.807) is 20.8 Å². The van der Waals surface area contributed by atoms with E-state index in [1.165, 1.54) is 11.1 Å². The number of nitrogens with one attached hydrogen (secondary N) is 1. The first-order valence-electron chi connectivity index (χ1n) is 14.3. The second-order valence-corrected chi connectivity index (χ2v) is 13.3. The van der Waals surface area contributed by atoms with Crippen molar-refractivity contribution in [3.05, 3.63) is 41.6 Å². The average Bonchev–Trinajstić information content (AvgIpc) is 3.42. The number of nitrogens with zero attached hydrogens (tertiary/aromatic N) is 5. The third-order valence-corrected chi connectivity index (χ3v) is 8.19. The van der Waals surface area contributed by atoms with Crippen LogP contribution in [0.15, 0.2) is 30.5 Å². The molecule has 2 N–H and O–H groups in total. The summed E-state index contributed by atoms with van der Waals surface area (Å²) in [5.41, 5.74) is 1.19. The number of benzene rings is 1. The lowest BCUT2D eigenvalue weighted by Crippen LogP contribution is -2.39. The van der Waals surface area contributed by atoms with Gasteiger partial charge in [-0.05, 0) is 52.2 Å². The minimum Gasteiger partial charge on any atom is -0.465 e. The lowest BCUT2D eigenvalue weighted by molar-refractivity contribution is -0.155. The van der Waals surface area contributed by atoms with Crippen LogP contribution in [-0.2, 0) is 26.0 Å². The Labute approximate surface area is 254 Å². The molecule has 2 aromatic rings. The molecule has 3 rings (SSSR count). The summed E-state index contributed by atoms with van der Waals surface area (Å²) in [7, 11) is -3.81. The summed E-state index contributed by atoms with van der Waals surface area (Å²) in [6, 6.07) is 6.77. The number of ether oxygens (including phenoxy) is 1. The molecule has 0 saturated carbocycles. The standard InChI is InChI=1S/C30H42N6O6S/c1-8-16-36(43(7,40)41)25-19-31-28(34(9-2)10-3)33-26(25)32-24(27(37)42-30(4,5)6)18-21-11-13-22(14-12-21)23-15-17-35(20-23)29(38)39/h1,11-14,19,23-24H,9-10,15-18,20H2,2-7H3,(H,38,39)(H,31,32,33)/t23-,24?/m1/s1. The Morgan fingerprint density at radius 1 is 1.23 bits per heavy atom. The molecule has 1 aliphatic heterocycles. The minimum absolute atomic E-state index is 0.102. The van der Waals surface area contributed by atoms with Gasteiger partial charge < -0.3 is 25.0 Å². The number of esters is 1. The van der Waals surface area contributed by atoms with Gasteiger partial charge in [0.25, 0.3) is 0 Å². The summed E-state index contributed by atoms with van der Waals surface area (Å²) in [5.74, 6) is 2.43. The molecule has 1 aromatic heterocycles. The summed E-state index contributed by atoms with van der Waals surface area (Å²) < 4.78 is 32.2. The summed E-state index contributed by atoms with van der Waals surface area (Å²) in [6.07, 6.45) is 7.97. The van der Waals surface area contributed by atoms with Gasteiger partial charge in [0.2, 0.25) is 16.0 Å². The molecular formula is C30H42N6O6S. The van der Waals surface area contributed by atoms with Gasteiger partial charge in [-0.25, -0.2) is 23.0 Å². The van der Waals surface area contributed by atoms with Crippen LogP contribution in [0.5, 0.6) is 0 Å². The number of anilines is 3. The topological polar surface area (TPSA) is 145 Å². The van der Waals surface area contributed by atoms with Gasteiger partial charge in [-0.1, -0.05) is 30.2 Å². The highest BCUT2D eigenvalue weighted by atomic mass is 32.2. The number of likely N-dealkylation sites (tertiary alicyclic amines) is 1. The largest absolute Gasteiger partial charge is 0.465 e. The van der Waals surface area contributed by atoms with Gasteiger partial charge in [0.05, 0.1) is 19.0 Å². The predicted octanol–water partition coefficient (Wildman–Crippen LogP) is 3.55. The molecule has 0 spiro atoms. The third-order valence-electron chi connectivity index (χ3n) is 7.06. The maximum absolute atomic E-state index is 13.5. The van der Waals surface area contributed by atoms with Crippen molar-refractivity contribution in [1.29, 1.82) is 0 Å². The highest BCUT2D eigenvalue weighted by Crippen LogP contribution is 2.30. The van der Waals surface area contributed by atoms with Gasteiger partial charge >= 0.3 is 12.1 Å². The van der Waals surface area contributed by atoms with Crippen molar-refractivity contribution < 1.29 is 27.9 Å². The Bertz CT molecular complexity index is 1430. The van der Waals surface area contributed by atoms with E-state index in [0.29, 0.717) is 32.1 Å². The number of hydrogen-bond acceptors (Lipinski definition) is 9. The number of sulfonamides is 1. The van der Waals surface area contributed by atoms with Gasteiger partial charge in [0.1, 0.15) is 17.3 Å². The van der Waals surface area contributed by atoms with E-state index in [2.05, 4.69) is 21.2 Å². The number of carboxylic acid groups (broad SMARTS) is 1. The van der Waals surface area contributed by atoms with Gasteiger partial charge in [0, 0.05) is 38.5 Å². The van der Waals surface area contributed by atoms with Crippen molar-refractivity contribution in [3.8, 4) is 12.3 Å². The molecule has 2 heterocycles. The molecule has 1 saturated heterocycles. The molecule has 0 radical (unpaired) electrons. The zero-order valence-corrected chi connectivity index (χ0v) is 26.5. The van der Waals surface area contributed by atoms with Crippen molar-refractivity contribution in [2.24, 2.45) is 0 Å². The van der Waals surface area contributed by atoms with Crippen molar-refractivity contribution >= 4 is 39.5 Å². The molecule has 2 atom stereocenters. The molecule has 1 aromatic carbocycles. The Kier molecular flexibility index (Phi) is 10.9. The van der Waals surface area contributed by atoms with Crippen LogP contribution in [0, 0.1) is 12.3 Å². The lowest BCUT2D eigenvalue weighted by Gasteiger charge is -2.28. The summed E-state index contributed by atoms with van der Waals surface area (Å²) in [4.78, 5) is 37.2. The van der Waals surface area contributed by atoms with Gasteiger partial charge in [-0.2, -0.15) is 4.98 Å². The molecule has 13 heteroatoms. The van der Waals surface area contributed by atoms with E-state index in [0.717, 1.165) is 28.1 Å². The smallest absolute Gasteiger partial charge is 0.407 e. The maximum Gasteiger partial charge on any atom is 0.407 e.